The second-order valence-electron chi connectivity index (χ2n) is 10.9. The molecule has 204 valence electrons. The Hall–Kier alpha value is -6.25. The lowest BCUT2D eigenvalue weighted by molar-refractivity contribution is 0.671. The van der Waals surface area contributed by atoms with Crippen molar-refractivity contribution in [2.24, 2.45) is 0 Å². The zero-order chi connectivity index (χ0) is 29.2. The minimum Gasteiger partial charge on any atom is -0.454 e. The van der Waals surface area contributed by atoms with E-state index in [0.717, 1.165) is 77.0 Å². The van der Waals surface area contributed by atoms with Crippen molar-refractivity contribution < 1.29 is 4.42 Å². The largest absolute Gasteiger partial charge is 0.454 e. The highest BCUT2D eigenvalue weighted by Gasteiger charge is 2.21. The topological polar surface area (TPSA) is 67.6 Å². The van der Waals surface area contributed by atoms with Crippen LogP contribution < -0.4 is 0 Å². The van der Waals surface area contributed by atoms with Crippen LogP contribution in [-0.2, 0) is 0 Å². The molecule has 0 N–H and O–H groups in total. The minimum atomic E-state index is 0.587. The molecule has 0 saturated heterocycles. The van der Waals surface area contributed by atoms with Gasteiger partial charge in [-0.25, -0.2) is 9.97 Å². The summed E-state index contributed by atoms with van der Waals surface area (Å²) >= 11 is 0. The Labute approximate surface area is 251 Å². The van der Waals surface area contributed by atoms with Crippen LogP contribution in [0.4, 0.5) is 0 Å². The van der Waals surface area contributed by atoms with E-state index in [1.54, 1.807) is 0 Å². The maximum absolute atomic E-state index is 9.36. The predicted octanol–water partition coefficient (Wildman–Crippen LogP) is 9.83. The molecule has 6 aromatic carbocycles. The average molecular weight is 563 g/mol. The van der Waals surface area contributed by atoms with Gasteiger partial charge in [0.05, 0.1) is 28.4 Å². The molecule has 0 aliphatic heterocycles. The Morgan fingerprint density at radius 2 is 1.30 bits per heavy atom. The summed E-state index contributed by atoms with van der Waals surface area (Å²) < 4.78 is 8.68. The second kappa shape index (κ2) is 9.38. The van der Waals surface area contributed by atoms with E-state index in [4.69, 9.17) is 14.4 Å². The Morgan fingerprint density at radius 1 is 0.568 bits per heavy atom. The summed E-state index contributed by atoms with van der Waals surface area (Å²) in [5, 5.41) is 14.7. The second-order valence-corrected chi connectivity index (χ2v) is 10.9. The zero-order valence-electron chi connectivity index (χ0n) is 23.4. The lowest BCUT2D eigenvalue weighted by Gasteiger charge is -2.12. The van der Waals surface area contributed by atoms with E-state index >= 15 is 0 Å². The molecule has 5 heteroatoms. The number of nitrogens with zero attached hydrogens (tertiary/aromatic N) is 4. The number of nitriles is 1. The third kappa shape index (κ3) is 3.58. The van der Waals surface area contributed by atoms with Gasteiger partial charge in [0, 0.05) is 32.5 Å². The fourth-order valence-electron chi connectivity index (χ4n) is 6.41. The van der Waals surface area contributed by atoms with E-state index in [2.05, 4.69) is 83.4 Å². The molecular weight excluding hydrogens is 540 g/mol. The van der Waals surface area contributed by atoms with Gasteiger partial charge in [0.25, 0.3) is 0 Å². The molecule has 9 rings (SSSR count). The first-order valence-corrected chi connectivity index (χ1v) is 14.5. The summed E-state index contributed by atoms with van der Waals surface area (Å²) in [6, 6.07) is 47.3. The van der Waals surface area contributed by atoms with E-state index in [1.807, 2.05) is 60.7 Å². The van der Waals surface area contributed by atoms with E-state index in [0.29, 0.717) is 11.5 Å². The fourth-order valence-corrected chi connectivity index (χ4v) is 6.41. The summed E-state index contributed by atoms with van der Waals surface area (Å²) in [6.45, 7) is 0. The number of benzene rings is 6. The van der Waals surface area contributed by atoms with Crippen LogP contribution in [0.15, 0.2) is 138 Å². The SMILES string of the molecule is N#Cc1cccc(-c2ccc(-c3nc(-n4c5ccccc5c5ccc6c7ccccc7oc6c54)nc4ccccc34)cc2)c1. The van der Waals surface area contributed by atoms with Gasteiger partial charge in [-0.1, -0.05) is 97.1 Å². The normalized spacial score (nSPS) is 11.6. The molecule has 3 aromatic heterocycles. The van der Waals surface area contributed by atoms with Gasteiger partial charge in [0.15, 0.2) is 5.58 Å². The molecule has 0 spiro atoms. The number of aromatic nitrogens is 3. The van der Waals surface area contributed by atoms with Gasteiger partial charge in [-0.05, 0) is 47.5 Å². The standard InChI is InChI=1S/C39H22N4O/c40-23-24-8-7-9-27(22-24)25-16-18-26(19-17-25)36-32-12-1-4-13-33(32)41-39(42-36)43-34-14-5-2-10-28(34)30-20-21-31-29-11-3-6-15-35(29)44-38(31)37(30)43/h1-22H. The maximum Gasteiger partial charge on any atom is 0.235 e. The Kier molecular flexibility index (Phi) is 5.19. The first-order chi connectivity index (χ1) is 21.8. The third-order valence-corrected chi connectivity index (χ3v) is 8.45. The minimum absolute atomic E-state index is 0.587. The van der Waals surface area contributed by atoms with Crippen LogP contribution in [-0.4, -0.2) is 14.5 Å². The highest BCUT2D eigenvalue weighted by Crippen LogP contribution is 2.40. The van der Waals surface area contributed by atoms with Crippen molar-refractivity contribution in [1.82, 2.24) is 14.5 Å². The molecule has 0 aliphatic carbocycles. The number of furan rings is 1. The van der Waals surface area contributed by atoms with Crippen molar-refractivity contribution in [1.29, 1.82) is 5.26 Å². The van der Waals surface area contributed by atoms with Crippen molar-refractivity contribution in [3.8, 4) is 34.4 Å². The number of hydrogen-bond acceptors (Lipinski definition) is 4. The van der Waals surface area contributed by atoms with Gasteiger partial charge in [0.1, 0.15) is 11.1 Å². The summed E-state index contributed by atoms with van der Waals surface area (Å²) in [5.74, 6) is 0.587. The number of para-hydroxylation sites is 3. The number of rotatable bonds is 3. The van der Waals surface area contributed by atoms with Gasteiger partial charge in [0.2, 0.25) is 5.95 Å². The molecule has 0 amide bonds. The molecule has 0 aliphatic rings. The van der Waals surface area contributed by atoms with Crippen LogP contribution in [0.1, 0.15) is 5.56 Å². The quantitative estimate of drug-likeness (QED) is 0.215. The van der Waals surface area contributed by atoms with Crippen LogP contribution in [0, 0.1) is 11.3 Å². The zero-order valence-corrected chi connectivity index (χ0v) is 23.4. The van der Waals surface area contributed by atoms with Crippen molar-refractivity contribution in [3.05, 3.63) is 139 Å². The first-order valence-electron chi connectivity index (χ1n) is 14.5. The molecule has 5 nitrogen and oxygen atoms in total. The molecule has 0 radical (unpaired) electrons. The number of fused-ring (bicyclic) bond motifs is 8. The third-order valence-electron chi connectivity index (χ3n) is 8.45. The van der Waals surface area contributed by atoms with E-state index in [-0.39, 0.29) is 0 Å². The fraction of sp³-hybridized carbons (Fsp3) is 0. The van der Waals surface area contributed by atoms with E-state index in [9.17, 15) is 5.26 Å². The van der Waals surface area contributed by atoms with Crippen LogP contribution in [0.5, 0.6) is 0 Å². The summed E-state index contributed by atoms with van der Waals surface area (Å²) in [4.78, 5) is 10.4. The molecule has 0 fully saturated rings. The predicted molar refractivity (Wildman–Crippen MR) is 177 cm³/mol. The summed E-state index contributed by atoms with van der Waals surface area (Å²) in [7, 11) is 0. The first kappa shape index (κ1) is 24.4. The lowest BCUT2D eigenvalue weighted by Crippen LogP contribution is -2.03. The van der Waals surface area contributed by atoms with Gasteiger partial charge in [-0.15, -0.1) is 0 Å². The van der Waals surface area contributed by atoms with Gasteiger partial charge in [-0.3, -0.25) is 4.57 Å². The molecule has 9 aromatic rings. The summed E-state index contributed by atoms with van der Waals surface area (Å²) in [5.41, 5.74) is 9.03. The average Bonchev–Trinajstić information content (AvgIpc) is 3.64. The van der Waals surface area contributed by atoms with Crippen molar-refractivity contribution in [3.63, 3.8) is 0 Å². The molecular formula is C39H22N4O. The van der Waals surface area contributed by atoms with Crippen LogP contribution in [0.3, 0.4) is 0 Å². The van der Waals surface area contributed by atoms with Gasteiger partial charge in [-0.2, -0.15) is 5.26 Å². The molecule has 0 bridgehead atoms. The van der Waals surface area contributed by atoms with Crippen molar-refractivity contribution in [2.75, 3.05) is 0 Å². The van der Waals surface area contributed by atoms with Crippen molar-refractivity contribution in [2.45, 2.75) is 0 Å². The Morgan fingerprint density at radius 3 is 2.16 bits per heavy atom. The molecule has 0 saturated carbocycles. The highest BCUT2D eigenvalue weighted by atomic mass is 16.3. The smallest absolute Gasteiger partial charge is 0.235 e. The Balaban J connectivity index is 1.32. The lowest BCUT2D eigenvalue weighted by atomic mass is 10.00. The molecule has 0 unspecified atom stereocenters. The Bertz CT molecular complexity index is 2620. The highest BCUT2D eigenvalue weighted by molar-refractivity contribution is 6.21. The van der Waals surface area contributed by atoms with Crippen LogP contribution >= 0.6 is 0 Å². The molecule has 3 heterocycles. The van der Waals surface area contributed by atoms with E-state index < -0.39 is 0 Å². The van der Waals surface area contributed by atoms with Gasteiger partial charge >= 0.3 is 0 Å². The van der Waals surface area contributed by atoms with Gasteiger partial charge < -0.3 is 4.42 Å². The maximum atomic E-state index is 9.36. The molecule has 0 atom stereocenters. The number of hydrogen-bond donors (Lipinski definition) is 0. The van der Waals surface area contributed by atoms with E-state index in [1.165, 1.54) is 0 Å². The molecule has 44 heavy (non-hydrogen) atoms. The van der Waals surface area contributed by atoms with Crippen molar-refractivity contribution >= 4 is 54.6 Å². The van der Waals surface area contributed by atoms with Crippen LogP contribution in [0.25, 0.3) is 83.0 Å². The summed E-state index contributed by atoms with van der Waals surface area (Å²) in [6.07, 6.45) is 0. The monoisotopic (exact) mass is 562 g/mol. The van der Waals surface area contributed by atoms with Crippen LogP contribution in [0.2, 0.25) is 0 Å².